The van der Waals surface area contributed by atoms with Crippen molar-refractivity contribution < 1.29 is 4.74 Å². The summed E-state index contributed by atoms with van der Waals surface area (Å²) >= 11 is 0. The zero-order valence-corrected chi connectivity index (χ0v) is 16.1. The molecule has 0 saturated carbocycles. The Balaban J connectivity index is 1.40. The molecule has 1 aliphatic rings. The lowest BCUT2D eigenvalue weighted by Crippen LogP contribution is -2.37. The van der Waals surface area contributed by atoms with Crippen molar-refractivity contribution in [1.82, 2.24) is 4.90 Å². The van der Waals surface area contributed by atoms with Crippen LogP contribution in [0, 0.1) is 0 Å². The summed E-state index contributed by atoms with van der Waals surface area (Å²) in [6.45, 7) is 7.02. The molecule has 2 N–H and O–H groups in total. The summed E-state index contributed by atoms with van der Waals surface area (Å²) in [5.74, 6) is 0.881. The fourth-order valence-electron chi connectivity index (χ4n) is 3.49. The lowest BCUT2D eigenvalue weighted by Gasteiger charge is -2.26. The van der Waals surface area contributed by atoms with Crippen molar-refractivity contribution in [2.75, 3.05) is 43.4 Å². The fraction of sp³-hybridized carbons (Fsp3) is 0.524. The summed E-state index contributed by atoms with van der Waals surface area (Å²) < 4.78 is 5.85. The van der Waals surface area contributed by atoms with Gasteiger partial charge in [-0.05, 0) is 57.0 Å². The summed E-state index contributed by atoms with van der Waals surface area (Å²) in [7, 11) is 0. The van der Waals surface area contributed by atoms with Crippen LogP contribution in [-0.2, 0) is 6.54 Å². The van der Waals surface area contributed by atoms with Gasteiger partial charge in [0.1, 0.15) is 17.1 Å². The van der Waals surface area contributed by atoms with E-state index in [4.69, 9.17) is 4.74 Å². The molecule has 3 rings (SSSR count). The predicted octanol–water partition coefficient (Wildman–Crippen LogP) is 2.58. The van der Waals surface area contributed by atoms with Crippen LogP contribution in [0.25, 0.3) is 0 Å². The Morgan fingerprint density at radius 2 is 1.78 bits per heavy atom. The molecule has 0 atom stereocenters. The summed E-state index contributed by atoms with van der Waals surface area (Å²) in [6.07, 6.45) is 4.69. The largest absolute Gasteiger partial charge is 0.494 e. The number of anilines is 2. The van der Waals surface area contributed by atoms with Crippen LogP contribution in [0.5, 0.6) is 5.75 Å². The topological polar surface area (TPSA) is 70.7 Å². The molecule has 1 aliphatic heterocycles. The number of ether oxygens (including phenoxy) is 1. The van der Waals surface area contributed by atoms with Gasteiger partial charge in [-0.3, -0.25) is 14.5 Å². The van der Waals surface area contributed by atoms with E-state index in [2.05, 4.69) is 27.7 Å². The van der Waals surface area contributed by atoms with Crippen molar-refractivity contribution in [2.45, 2.75) is 39.2 Å². The molecule has 1 fully saturated rings. The van der Waals surface area contributed by atoms with E-state index in [9.17, 15) is 9.59 Å². The molecular formula is C21H29N3O3. The highest BCUT2D eigenvalue weighted by molar-refractivity contribution is 5.73. The predicted molar refractivity (Wildman–Crippen MR) is 110 cm³/mol. The molecule has 0 aliphatic carbocycles. The van der Waals surface area contributed by atoms with Gasteiger partial charge >= 0.3 is 0 Å². The first-order valence-electron chi connectivity index (χ1n) is 9.94. The minimum atomic E-state index is -0.433. The van der Waals surface area contributed by atoms with Gasteiger partial charge in [0.25, 0.3) is 10.9 Å². The lowest BCUT2D eigenvalue weighted by molar-refractivity contribution is 0.220. The highest BCUT2D eigenvalue weighted by Crippen LogP contribution is 2.18. The first-order valence-corrected chi connectivity index (χ1v) is 9.94. The fourth-order valence-corrected chi connectivity index (χ4v) is 3.49. The number of piperidine rings is 1. The SMILES string of the molecule is CCNc1c(NCCCOc2cccc(CN3CCCCC3)c2)c(=O)c1=O. The number of benzene rings is 1. The summed E-state index contributed by atoms with van der Waals surface area (Å²) in [6, 6.07) is 8.28. The number of rotatable bonds is 10. The normalized spacial score (nSPS) is 15.0. The Morgan fingerprint density at radius 1 is 1.04 bits per heavy atom. The van der Waals surface area contributed by atoms with Crippen molar-refractivity contribution in [2.24, 2.45) is 0 Å². The summed E-state index contributed by atoms with van der Waals surface area (Å²) in [5.41, 5.74) is 1.24. The zero-order valence-electron chi connectivity index (χ0n) is 16.1. The first-order chi connectivity index (χ1) is 13.2. The lowest BCUT2D eigenvalue weighted by atomic mass is 10.1. The van der Waals surface area contributed by atoms with Gasteiger partial charge in [0.15, 0.2) is 0 Å². The molecule has 0 unspecified atom stereocenters. The van der Waals surface area contributed by atoms with Crippen LogP contribution in [0.1, 0.15) is 38.2 Å². The molecule has 6 heteroatoms. The van der Waals surface area contributed by atoms with Crippen LogP contribution in [0.15, 0.2) is 33.9 Å². The number of nitrogens with one attached hydrogen (secondary N) is 2. The Bertz CT molecular complexity index is 805. The smallest absolute Gasteiger partial charge is 0.253 e. The van der Waals surface area contributed by atoms with Gasteiger partial charge in [-0.1, -0.05) is 18.6 Å². The van der Waals surface area contributed by atoms with Crippen molar-refractivity contribution in [3.63, 3.8) is 0 Å². The Hall–Kier alpha value is -2.34. The standard InChI is InChI=1S/C21H29N3O3/c1-2-22-18-19(21(26)20(18)25)23-10-7-13-27-17-9-6-8-16(14-17)15-24-11-4-3-5-12-24/h6,8-9,14,22-23H,2-5,7,10-13,15H2,1H3. The molecule has 2 aromatic carbocycles. The van der Waals surface area contributed by atoms with Crippen molar-refractivity contribution in [3.8, 4) is 5.75 Å². The van der Waals surface area contributed by atoms with Gasteiger partial charge < -0.3 is 15.4 Å². The van der Waals surface area contributed by atoms with E-state index in [0.29, 0.717) is 31.1 Å². The van der Waals surface area contributed by atoms with Crippen LogP contribution >= 0.6 is 0 Å². The average Bonchev–Trinajstić information content (AvgIpc) is 2.70. The third-order valence-electron chi connectivity index (χ3n) is 4.91. The van der Waals surface area contributed by atoms with Crippen LogP contribution < -0.4 is 26.2 Å². The second kappa shape index (κ2) is 9.55. The van der Waals surface area contributed by atoms with Gasteiger partial charge in [-0.15, -0.1) is 0 Å². The number of hydrogen-bond acceptors (Lipinski definition) is 6. The molecule has 0 bridgehead atoms. The van der Waals surface area contributed by atoms with Gasteiger partial charge in [-0.2, -0.15) is 0 Å². The van der Waals surface area contributed by atoms with Crippen LogP contribution in [0.4, 0.5) is 11.4 Å². The van der Waals surface area contributed by atoms with Gasteiger partial charge in [0.2, 0.25) is 0 Å². The van der Waals surface area contributed by atoms with E-state index < -0.39 is 10.9 Å². The highest BCUT2D eigenvalue weighted by Gasteiger charge is 2.19. The van der Waals surface area contributed by atoms with Gasteiger partial charge in [-0.25, -0.2) is 0 Å². The van der Waals surface area contributed by atoms with Gasteiger partial charge in [0.05, 0.1) is 6.61 Å². The molecule has 27 heavy (non-hydrogen) atoms. The number of hydrogen-bond donors (Lipinski definition) is 2. The monoisotopic (exact) mass is 371 g/mol. The number of nitrogens with zero attached hydrogens (tertiary/aromatic N) is 1. The molecule has 2 aromatic rings. The third kappa shape index (κ3) is 5.10. The van der Waals surface area contributed by atoms with E-state index >= 15 is 0 Å². The Morgan fingerprint density at radius 3 is 2.52 bits per heavy atom. The molecule has 1 saturated heterocycles. The maximum atomic E-state index is 11.6. The van der Waals surface area contributed by atoms with Crippen LogP contribution in [0.2, 0.25) is 0 Å². The second-order valence-electron chi connectivity index (χ2n) is 7.05. The maximum Gasteiger partial charge on any atom is 0.253 e. The van der Waals surface area contributed by atoms with E-state index in [1.165, 1.54) is 37.9 Å². The van der Waals surface area contributed by atoms with E-state index in [-0.39, 0.29) is 0 Å². The minimum absolute atomic E-state index is 0.408. The minimum Gasteiger partial charge on any atom is -0.494 e. The molecule has 0 radical (unpaired) electrons. The van der Waals surface area contributed by atoms with Gasteiger partial charge in [0, 0.05) is 19.6 Å². The van der Waals surface area contributed by atoms with E-state index in [1.54, 1.807) is 0 Å². The van der Waals surface area contributed by atoms with Crippen molar-refractivity contribution in [1.29, 1.82) is 0 Å². The molecule has 1 heterocycles. The molecule has 6 nitrogen and oxygen atoms in total. The molecular weight excluding hydrogens is 342 g/mol. The maximum absolute atomic E-state index is 11.6. The molecule has 0 spiro atoms. The summed E-state index contributed by atoms with van der Waals surface area (Å²) in [5, 5.41) is 5.98. The second-order valence-corrected chi connectivity index (χ2v) is 7.05. The zero-order chi connectivity index (χ0) is 19.1. The van der Waals surface area contributed by atoms with Crippen molar-refractivity contribution >= 4 is 11.4 Å². The molecule has 146 valence electrons. The first kappa shape index (κ1) is 19.4. The summed E-state index contributed by atoms with van der Waals surface area (Å²) in [4.78, 5) is 25.6. The Kier molecular flexibility index (Phi) is 6.87. The average molecular weight is 371 g/mol. The van der Waals surface area contributed by atoms with E-state index in [0.717, 1.165) is 18.7 Å². The van der Waals surface area contributed by atoms with Crippen LogP contribution in [-0.4, -0.2) is 37.7 Å². The third-order valence-corrected chi connectivity index (χ3v) is 4.91. The molecule has 0 amide bonds. The quantitative estimate of drug-likeness (QED) is 0.494. The van der Waals surface area contributed by atoms with Crippen molar-refractivity contribution in [3.05, 3.63) is 50.3 Å². The van der Waals surface area contributed by atoms with Crippen LogP contribution in [0.3, 0.4) is 0 Å². The molecule has 0 aromatic heterocycles. The number of likely N-dealkylation sites (tertiary alicyclic amines) is 1. The Labute approximate surface area is 160 Å². The van der Waals surface area contributed by atoms with E-state index in [1.807, 2.05) is 19.1 Å². The highest BCUT2D eigenvalue weighted by atomic mass is 16.5.